The van der Waals surface area contributed by atoms with Crippen LogP contribution < -0.4 is 14.7 Å². The Morgan fingerprint density at radius 3 is 1.37 bits per heavy atom. The summed E-state index contributed by atoms with van der Waals surface area (Å²) >= 11 is 1.45. The van der Waals surface area contributed by atoms with Gasteiger partial charge in [0.05, 0.1) is 6.20 Å². The molecule has 3 saturated heterocycles. The molecule has 0 saturated carbocycles. The molecule has 3 aliphatic heterocycles. The molecule has 3 aliphatic rings. The monoisotopic (exact) mass is 1280 g/mol. The maximum absolute atomic E-state index is 13.1. The van der Waals surface area contributed by atoms with Gasteiger partial charge in [0.1, 0.15) is 0 Å². The quantitative estimate of drug-likeness (QED) is 0.0415. The number of carbonyl (C=O) groups is 3. The number of likely N-dealkylation sites (N-methyl/N-ethyl adjacent to an activating group) is 3. The van der Waals surface area contributed by atoms with Crippen molar-refractivity contribution in [2.24, 2.45) is 17.8 Å². The Kier molecular flexibility index (Phi) is 23.2. The number of aromatic amines is 4. The van der Waals surface area contributed by atoms with E-state index in [1.165, 1.54) is 44.2 Å². The maximum atomic E-state index is 13.1. The summed E-state index contributed by atoms with van der Waals surface area (Å²) in [6, 6.07) is 28.2. The highest BCUT2D eigenvalue weighted by atomic mass is 32.1. The minimum absolute atomic E-state index is 0.0484. The van der Waals surface area contributed by atoms with Crippen LogP contribution in [-0.4, -0.2) is 174 Å². The number of piperazine rings is 3. The molecule has 20 heteroatoms. The topological polar surface area (TPSA) is 211 Å². The Morgan fingerprint density at radius 2 is 0.925 bits per heavy atom. The van der Waals surface area contributed by atoms with Crippen molar-refractivity contribution in [3.63, 3.8) is 0 Å². The first-order valence-electron chi connectivity index (χ1n) is 34.2. The van der Waals surface area contributed by atoms with Gasteiger partial charge in [0.15, 0.2) is 33.9 Å². The number of oxazole rings is 1. The van der Waals surface area contributed by atoms with Crippen molar-refractivity contribution in [2.45, 2.75) is 176 Å². The summed E-state index contributed by atoms with van der Waals surface area (Å²) in [4.78, 5) is 71.9. The maximum Gasteiger partial charge on any atom is 0.297 e. The molecule has 0 amide bonds. The van der Waals surface area contributed by atoms with Crippen LogP contribution in [-0.2, 0) is 19.3 Å². The Bertz CT molecular complexity index is 3430. The minimum Gasteiger partial charge on any atom is -0.420 e. The predicted octanol–water partition coefficient (Wildman–Crippen LogP) is 13.7. The SMILES string of the molecule is CCCC(CC(=O)c1cnc(N2C[C@@H](C)N(C)[C@@H](C)C2)o1)Cc1c[nH]c2ccccc12.CCCC(CC(=O)c1nc(N2C[C@@H](C)N(C)[C@@H](C)C2)n[nH]1)Cc1c[nH]c2ccccc12.CCCC(CC(=O)c1nnc(N2C[C@@H](C)N(C)[C@@H](C)C2)s1)Cc1c[nH]c2ccccc12. The first kappa shape index (κ1) is 68.3. The molecular formula is C73H101N15O4S. The van der Waals surface area contributed by atoms with Gasteiger partial charge in [-0.25, -0.2) is 4.98 Å². The van der Waals surface area contributed by atoms with Gasteiger partial charge in [-0.05, 0) is 154 Å². The zero-order chi connectivity index (χ0) is 65.9. The third-order valence-electron chi connectivity index (χ3n) is 20.1. The lowest BCUT2D eigenvalue weighted by Gasteiger charge is -2.42. The van der Waals surface area contributed by atoms with E-state index in [0.717, 1.165) is 119 Å². The Hall–Kier alpha value is -7.52. The molecule has 6 aromatic heterocycles. The molecule has 0 bridgehead atoms. The number of H-pyrrole nitrogens is 4. The zero-order valence-corrected chi connectivity index (χ0v) is 57.9. The van der Waals surface area contributed by atoms with E-state index in [2.05, 4.69) is 231 Å². The number of rotatable bonds is 24. The van der Waals surface area contributed by atoms with Crippen molar-refractivity contribution >= 4 is 78.5 Å². The summed E-state index contributed by atoms with van der Waals surface area (Å²) < 4.78 is 5.94. The molecule has 3 fully saturated rings. The third kappa shape index (κ3) is 16.9. The third-order valence-corrected chi connectivity index (χ3v) is 21.2. The van der Waals surface area contributed by atoms with E-state index in [-0.39, 0.29) is 29.2 Å². The lowest BCUT2D eigenvalue weighted by atomic mass is 9.90. The van der Waals surface area contributed by atoms with Crippen LogP contribution in [0.25, 0.3) is 32.7 Å². The van der Waals surface area contributed by atoms with Gasteiger partial charge in [-0.1, -0.05) is 106 Å². The molecule has 3 unspecified atom stereocenters. The molecule has 3 aromatic carbocycles. The summed E-state index contributed by atoms with van der Waals surface area (Å²) in [6.07, 6.45) is 18.3. The molecule has 9 heterocycles. The summed E-state index contributed by atoms with van der Waals surface area (Å²) in [7, 11) is 6.48. The Morgan fingerprint density at radius 1 is 0.527 bits per heavy atom. The van der Waals surface area contributed by atoms with E-state index in [9.17, 15) is 14.4 Å². The highest BCUT2D eigenvalue weighted by molar-refractivity contribution is 7.17. The van der Waals surface area contributed by atoms with Gasteiger partial charge in [-0.2, -0.15) is 4.98 Å². The first-order chi connectivity index (χ1) is 44.9. The highest BCUT2D eigenvalue weighted by Gasteiger charge is 2.33. The smallest absolute Gasteiger partial charge is 0.297 e. The molecule has 0 radical (unpaired) electrons. The van der Waals surface area contributed by atoms with Crippen LogP contribution in [0.15, 0.2) is 102 Å². The van der Waals surface area contributed by atoms with Crippen LogP contribution in [0.1, 0.15) is 168 Å². The molecule has 498 valence electrons. The summed E-state index contributed by atoms with van der Waals surface area (Å²) in [5, 5.41) is 21.1. The van der Waals surface area contributed by atoms with Crippen LogP contribution in [0, 0.1) is 17.8 Å². The van der Waals surface area contributed by atoms with E-state index in [1.54, 1.807) is 6.20 Å². The lowest BCUT2D eigenvalue weighted by Crippen LogP contribution is -2.55. The number of Topliss-reactive ketones (excluding diaryl/α,β-unsaturated/α-hetero) is 3. The molecule has 9 aromatic rings. The van der Waals surface area contributed by atoms with Crippen molar-refractivity contribution < 1.29 is 18.8 Å². The number of anilines is 3. The standard InChI is InChI=1S/C25H34N4O2.C24H34N6O.C24H33N5OS/c1-5-8-19(11-20-13-26-22-10-7-6-9-21(20)22)12-23(30)24-14-27-25(31-24)29-15-17(2)28(4)18(3)16-29;1-5-8-18(11-19-13-25-21-10-7-6-9-20(19)21)12-22(31)23-26-24(28-27-23)30-14-16(2)29(4)17(3)15-30;1-5-8-18(11-19-13-25-21-10-7-6-9-20(19)21)12-22(30)23-26-27-24(31-23)29-14-16(2)28(4)17(3)15-29/h6-7,9-10,13-14,17-19,26H,5,8,11-12,15-16H2,1-4H3;6-7,9-10,13,16-18,25H,5,8,11-12,14-15H2,1-4H3,(H,26,27,28);6-7,9-10,13,16-18,25H,5,8,11-12,14-15H2,1-4H3/t17-,18+,19?;2*16-,17+,18?. The van der Waals surface area contributed by atoms with Gasteiger partial charge < -0.3 is 34.1 Å². The Labute approximate surface area is 553 Å². The normalized spacial score (nSPS) is 21.0. The molecule has 0 spiro atoms. The number of aromatic nitrogens is 9. The van der Waals surface area contributed by atoms with E-state index in [4.69, 9.17) is 4.42 Å². The molecule has 9 atom stereocenters. The highest BCUT2D eigenvalue weighted by Crippen LogP contribution is 2.32. The minimum atomic E-state index is 0.0484. The fourth-order valence-corrected chi connectivity index (χ4v) is 15.0. The van der Waals surface area contributed by atoms with Crippen LogP contribution >= 0.6 is 11.3 Å². The van der Waals surface area contributed by atoms with Crippen molar-refractivity contribution in [3.8, 4) is 0 Å². The van der Waals surface area contributed by atoms with Gasteiger partial charge >= 0.3 is 0 Å². The number of ketones is 3. The second-order valence-electron chi connectivity index (χ2n) is 27.2. The van der Waals surface area contributed by atoms with Crippen molar-refractivity contribution in [1.82, 2.24) is 60.0 Å². The second kappa shape index (κ2) is 31.6. The fraction of sp³-hybridized carbons (Fsp3) is 0.534. The number of benzene rings is 3. The summed E-state index contributed by atoms with van der Waals surface area (Å²) in [5.74, 6) is 2.51. The molecule has 19 nitrogen and oxygen atoms in total. The number of nitrogens with one attached hydrogen (secondary N) is 4. The van der Waals surface area contributed by atoms with E-state index in [1.807, 2.05) is 18.2 Å². The predicted molar refractivity (Wildman–Crippen MR) is 378 cm³/mol. The average Bonchev–Trinajstić information content (AvgIpc) is 1.89. The van der Waals surface area contributed by atoms with E-state index in [0.29, 0.717) is 90.0 Å². The first-order valence-corrected chi connectivity index (χ1v) is 35.1. The van der Waals surface area contributed by atoms with E-state index < -0.39 is 0 Å². The van der Waals surface area contributed by atoms with Gasteiger partial charge in [-0.15, -0.1) is 15.3 Å². The van der Waals surface area contributed by atoms with Crippen LogP contribution in [0.4, 0.5) is 17.1 Å². The number of carbonyl (C=O) groups excluding carboxylic acids is 3. The summed E-state index contributed by atoms with van der Waals surface area (Å²) in [6.45, 7) is 25.1. The van der Waals surface area contributed by atoms with Crippen molar-refractivity contribution in [1.29, 1.82) is 0 Å². The number of nitrogens with zero attached hydrogens (tertiary/aromatic N) is 11. The molecule has 0 aliphatic carbocycles. The number of para-hydroxylation sites is 3. The molecule has 93 heavy (non-hydrogen) atoms. The molecule has 12 rings (SSSR count). The van der Waals surface area contributed by atoms with Gasteiger partial charge in [0, 0.05) is 146 Å². The number of hydrogen-bond acceptors (Lipinski definition) is 16. The van der Waals surface area contributed by atoms with Gasteiger partial charge in [0.2, 0.25) is 11.1 Å². The van der Waals surface area contributed by atoms with Crippen molar-refractivity contribution in [2.75, 3.05) is 75.1 Å². The average molecular weight is 1280 g/mol. The van der Waals surface area contributed by atoms with Crippen LogP contribution in [0.5, 0.6) is 0 Å². The fourth-order valence-electron chi connectivity index (χ4n) is 14.2. The summed E-state index contributed by atoms with van der Waals surface area (Å²) in [5.41, 5.74) is 7.30. The zero-order valence-electron chi connectivity index (χ0n) is 57.1. The second-order valence-corrected chi connectivity index (χ2v) is 28.2. The molecular weight excluding hydrogens is 1180 g/mol. The van der Waals surface area contributed by atoms with Crippen LogP contribution in [0.2, 0.25) is 0 Å². The van der Waals surface area contributed by atoms with Gasteiger partial charge in [0.25, 0.3) is 6.01 Å². The Balaban J connectivity index is 0.000000153. The molecule has 4 N–H and O–H groups in total. The van der Waals surface area contributed by atoms with Crippen LogP contribution in [0.3, 0.4) is 0 Å². The van der Waals surface area contributed by atoms with Crippen molar-refractivity contribution in [3.05, 3.63) is 131 Å². The van der Waals surface area contributed by atoms with E-state index >= 15 is 0 Å². The number of fused-ring (bicyclic) bond motifs is 3. The largest absolute Gasteiger partial charge is 0.420 e. The number of hydrogen-bond donors (Lipinski definition) is 4. The lowest BCUT2D eigenvalue weighted by molar-refractivity contribution is 0.0927. The van der Waals surface area contributed by atoms with Gasteiger partial charge in [-0.3, -0.25) is 34.2 Å².